The van der Waals surface area contributed by atoms with Gasteiger partial charge in [-0.05, 0) is 103 Å². The molecule has 0 aromatic carbocycles. The molecule has 0 aliphatic rings. The van der Waals surface area contributed by atoms with E-state index in [4.69, 9.17) is 19.3 Å². The Hall–Kier alpha value is -3.33. The standard InChI is InChI=1S/C45H71O9P/c1-3-5-6-7-8-9-10-11-12-13-14-15-16-21-24-27-30-33-36-39-45(48)54-43(41-53-55(49,50)51)40-52-44(47)38-35-32-29-26-23-20-18-17-19-22-25-28-31-34-37-42(46)4-2/h5-6,8-9,11-12,14-15,18-22,24,26,28-29,31,42-43,46H,3-4,7,10,13,16-17,23,25,27,30,32-41H2,1-2H3,(H2,49,50,51)/b6-5-,9-8-,12-11-,15-14-,20-18-,22-19-,24-21-,29-26-,31-28-/t42-,43+/m0/s1. The maximum atomic E-state index is 12.4. The van der Waals surface area contributed by atoms with Crippen molar-refractivity contribution in [2.45, 2.75) is 148 Å². The van der Waals surface area contributed by atoms with E-state index in [0.717, 1.165) is 89.9 Å². The number of unbranched alkanes of at least 4 members (excludes halogenated alkanes) is 4. The van der Waals surface area contributed by atoms with Gasteiger partial charge >= 0.3 is 19.8 Å². The number of hydrogen-bond donors (Lipinski definition) is 3. The molecule has 0 spiro atoms. The molecule has 310 valence electrons. The van der Waals surface area contributed by atoms with Crippen molar-refractivity contribution < 1.29 is 43.0 Å². The number of carbonyl (C=O) groups excluding carboxylic acids is 2. The molecule has 0 radical (unpaired) electrons. The zero-order valence-corrected chi connectivity index (χ0v) is 34.5. The monoisotopic (exact) mass is 786 g/mol. The average Bonchev–Trinajstić information content (AvgIpc) is 3.16. The van der Waals surface area contributed by atoms with Crippen LogP contribution in [0.4, 0.5) is 0 Å². The Morgan fingerprint density at radius 1 is 0.545 bits per heavy atom. The molecule has 3 N–H and O–H groups in total. The lowest BCUT2D eigenvalue weighted by Crippen LogP contribution is -2.29. The van der Waals surface area contributed by atoms with Crippen LogP contribution >= 0.6 is 7.82 Å². The van der Waals surface area contributed by atoms with Crippen molar-refractivity contribution in [1.82, 2.24) is 0 Å². The summed E-state index contributed by atoms with van der Waals surface area (Å²) < 4.78 is 26.3. The van der Waals surface area contributed by atoms with Gasteiger partial charge in [0.2, 0.25) is 0 Å². The van der Waals surface area contributed by atoms with E-state index in [2.05, 4.69) is 109 Å². The summed E-state index contributed by atoms with van der Waals surface area (Å²) in [6.45, 7) is 3.19. The first kappa shape index (κ1) is 51.7. The highest BCUT2D eigenvalue weighted by Gasteiger charge is 2.22. The van der Waals surface area contributed by atoms with Crippen LogP contribution in [0.5, 0.6) is 0 Å². The minimum atomic E-state index is -4.79. The maximum Gasteiger partial charge on any atom is 0.469 e. The molecule has 2 atom stereocenters. The molecule has 0 saturated carbocycles. The number of aliphatic hydroxyl groups is 1. The molecule has 9 nitrogen and oxygen atoms in total. The molecule has 0 heterocycles. The summed E-state index contributed by atoms with van der Waals surface area (Å²) in [7, 11) is -4.79. The molecule has 0 unspecified atom stereocenters. The highest BCUT2D eigenvalue weighted by Crippen LogP contribution is 2.36. The first-order chi connectivity index (χ1) is 26.7. The van der Waals surface area contributed by atoms with Gasteiger partial charge in [0, 0.05) is 12.8 Å². The van der Waals surface area contributed by atoms with Gasteiger partial charge in [-0.2, -0.15) is 0 Å². The van der Waals surface area contributed by atoms with Crippen LogP contribution in [-0.4, -0.2) is 52.3 Å². The predicted octanol–water partition coefficient (Wildman–Crippen LogP) is 11.4. The lowest BCUT2D eigenvalue weighted by atomic mass is 10.1. The molecule has 0 aromatic rings. The number of phosphoric acid groups is 1. The smallest absolute Gasteiger partial charge is 0.462 e. The Morgan fingerprint density at radius 3 is 1.45 bits per heavy atom. The van der Waals surface area contributed by atoms with Crippen molar-refractivity contribution in [3.05, 3.63) is 109 Å². The first-order valence-electron chi connectivity index (χ1n) is 20.3. The zero-order valence-electron chi connectivity index (χ0n) is 33.6. The molecule has 0 aromatic heterocycles. The second-order valence-corrected chi connectivity index (χ2v) is 14.3. The van der Waals surface area contributed by atoms with Gasteiger partial charge in [-0.1, -0.05) is 130 Å². The Kier molecular flexibility index (Phi) is 36.6. The number of aliphatic hydroxyl groups excluding tert-OH is 1. The van der Waals surface area contributed by atoms with Gasteiger partial charge in [-0.25, -0.2) is 4.57 Å². The number of carbonyl (C=O) groups is 2. The summed E-state index contributed by atoms with van der Waals surface area (Å²) >= 11 is 0. The van der Waals surface area contributed by atoms with E-state index in [0.29, 0.717) is 19.3 Å². The van der Waals surface area contributed by atoms with Crippen molar-refractivity contribution in [2.24, 2.45) is 0 Å². The number of rotatable bonds is 35. The van der Waals surface area contributed by atoms with Gasteiger partial charge < -0.3 is 24.4 Å². The van der Waals surface area contributed by atoms with Crippen LogP contribution in [0.2, 0.25) is 0 Å². The summed E-state index contributed by atoms with van der Waals surface area (Å²) in [6.07, 6.45) is 51.8. The third kappa shape index (κ3) is 41.7. The third-order valence-electron chi connectivity index (χ3n) is 7.94. The first-order valence-corrected chi connectivity index (χ1v) is 21.8. The van der Waals surface area contributed by atoms with Gasteiger partial charge in [0.25, 0.3) is 0 Å². The van der Waals surface area contributed by atoms with E-state index in [1.54, 1.807) is 0 Å². The summed E-state index contributed by atoms with van der Waals surface area (Å²) in [5.41, 5.74) is 0. The minimum Gasteiger partial charge on any atom is -0.462 e. The van der Waals surface area contributed by atoms with Gasteiger partial charge in [-0.3, -0.25) is 14.1 Å². The van der Waals surface area contributed by atoms with E-state index in [1.165, 1.54) is 0 Å². The van der Waals surface area contributed by atoms with Gasteiger partial charge in [0.05, 0.1) is 12.7 Å². The highest BCUT2D eigenvalue weighted by atomic mass is 31.2. The van der Waals surface area contributed by atoms with Crippen LogP contribution in [0.1, 0.15) is 136 Å². The van der Waals surface area contributed by atoms with E-state index in [9.17, 15) is 19.3 Å². The van der Waals surface area contributed by atoms with Crippen LogP contribution in [0.3, 0.4) is 0 Å². The van der Waals surface area contributed by atoms with Gasteiger partial charge in [0.15, 0.2) is 6.10 Å². The quantitative estimate of drug-likeness (QED) is 0.0248. The van der Waals surface area contributed by atoms with E-state index < -0.39 is 32.5 Å². The Balaban J connectivity index is 4.15. The minimum absolute atomic E-state index is 0.147. The number of hydrogen-bond acceptors (Lipinski definition) is 7. The summed E-state index contributed by atoms with van der Waals surface area (Å²) in [6, 6.07) is 0. The normalized spacial score (nSPS) is 14.2. The summed E-state index contributed by atoms with van der Waals surface area (Å²) in [4.78, 5) is 42.8. The molecular formula is C45H71O9P. The highest BCUT2D eigenvalue weighted by molar-refractivity contribution is 7.46. The number of allylic oxidation sites excluding steroid dienone is 18. The van der Waals surface area contributed by atoms with Crippen LogP contribution in [-0.2, 0) is 28.2 Å². The van der Waals surface area contributed by atoms with Crippen LogP contribution < -0.4 is 0 Å². The molecule has 0 bridgehead atoms. The molecule has 0 fully saturated rings. The Bertz CT molecular complexity index is 1270. The van der Waals surface area contributed by atoms with Crippen LogP contribution in [0, 0.1) is 0 Å². The molecule has 55 heavy (non-hydrogen) atoms. The average molecular weight is 787 g/mol. The van der Waals surface area contributed by atoms with Crippen LogP contribution in [0.25, 0.3) is 0 Å². The fourth-order valence-corrected chi connectivity index (χ4v) is 5.14. The molecule has 0 saturated heterocycles. The molecule has 10 heteroatoms. The zero-order chi connectivity index (χ0) is 40.5. The number of esters is 2. The van der Waals surface area contributed by atoms with Crippen LogP contribution in [0.15, 0.2) is 109 Å². The van der Waals surface area contributed by atoms with Crippen molar-refractivity contribution in [3.63, 3.8) is 0 Å². The summed E-state index contributed by atoms with van der Waals surface area (Å²) in [5.74, 6) is -1.02. The third-order valence-corrected chi connectivity index (χ3v) is 8.42. The fraction of sp³-hybridized carbons (Fsp3) is 0.556. The molecule has 0 aliphatic heterocycles. The second-order valence-electron chi connectivity index (χ2n) is 13.0. The topological polar surface area (TPSA) is 140 Å². The van der Waals surface area contributed by atoms with Gasteiger partial charge in [0.1, 0.15) is 6.61 Å². The van der Waals surface area contributed by atoms with E-state index in [1.807, 2.05) is 19.1 Å². The molecule has 0 rings (SSSR count). The SMILES string of the molecule is CC/C=C\C/C=C\C/C=C\C/C=C\C/C=C\CCCCCC(=O)O[C@H](COC(=O)CCC/C=C\C/C=C\C/C=C\C/C=C\CC[C@@H](O)CC)COP(=O)(O)O. The molecule has 0 amide bonds. The van der Waals surface area contributed by atoms with E-state index in [-0.39, 0.29) is 25.6 Å². The lowest BCUT2D eigenvalue weighted by Gasteiger charge is -2.18. The maximum absolute atomic E-state index is 12.4. The van der Waals surface area contributed by atoms with Gasteiger partial charge in [-0.15, -0.1) is 0 Å². The Morgan fingerprint density at radius 2 is 0.982 bits per heavy atom. The molecule has 0 aliphatic carbocycles. The van der Waals surface area contributed by atoms with Crippen molar-refractivity contribution >= 4 is 19.8 Å². The van der Waals surface area contributed by atoms with Crippen molar-refractivity contribution in [1.29, 1.82) is 0 Å². The van der Waals surface area contributed by atoms with E-state index >= 15 is 0 Å². The van der Waals surface area contributed by atoms with Crippen molar-refractivity contribution in [3.8, 4) is 0 Å². The van der Waals surface area contributed by atoms with Crippen molar-refractivity contribution in [2.75, 3.05) is 13.2 Å². The largest absolute Gasteiger partial charge is 0.469 e. The second kappa shape index (κ2) is 38.9. The fourth-order valence-electron chi connectivity index (χ4n) is 4.78. The lowest BCUT2D eigenvalue weighted by molar-refractivity contribution is -0.161. The predicted molar refractivity (Wildman–Crippen MR) is 226 cm³/mol. The summed E-state index contributed by atoms with van der Waals surface area (Å²) in [5, 5.41) is 9.54. The number of phosphoric ester groups is 1. The Labute approximate surface area is 332 Å². The molecular weight excluding hydrogens is 715 g/mol. The number of ether oxygens (including phenoxy) is 2.